The molecule has 1 aliphatic carbocycles. The maximum atomic E-state index is 5.33. The van der Waals surface area contributed by atoms with Crippen molar-refractivity contribution in [3.05, 3.63) is 253 Å². The Morgan fingerprint density at radius 2 is 0.833 bits per heavy atom. The number of hydrogen-bond donors (Lipinski definition) is 0. The van der Waals surface area contributed by atoms with Gasteiger partial charge in [-0.05, 0) is 132 Å². The van der Waals surface area contributed by atoms with Crippen LogP contribution in [0.1, 0.15) is 22.3 Å². The van der Waals surface area contributed by atoms with Gasteiger partial charge in [0, 0.05) is 11.3 Å². The Morgan fingerprint density at radius 3 is 1.47 bits per heavy atom. The van der Waals surface area contributed by atoms with Crippen LogP contribution >= 0.6 is 0 Å². The van der Waals surface area contributed by atoms with Gasteiger partial charge in [0.05, 0.1) is 16.4 Å². The molecular weight excluding hydrogens is 725 g/mol. The van der Waals surface area contributed by atoms with E-state index >= 15 is 0 Å². The molecule has 1 aliphatic rings. The van der Waals surface area contributed by atoms with Gasteiger partial charge in [0.1, 0.15) is 5.82 Å². The second-order valence-corrected chi connectivity index (χ2v) is 15.9. The molecule has 0 radical (unpaired) electrons. The Morgan fingerprint density at radius 1 is 0.333 bits per heavy atom. The summed E-state index contributed by atoms with van der Waals surface area (Å²) in [6.07, 6.45) is 0. The summed E-state index contributed by atoms with van der Waals surface area (Å²) < 4.78 is 2.30. The van der Waals surface area contributed by atoms with Gasteiger partial charge in [-0.25, -0.2) is 4.98 Å². The van der Waals surface area contributed by atoms with Crippen molar-refractivity contribution in [2.75, 3.05) is 0 Å². The highest BCUT2D eigenvalue weighted by atomic mass is 15.1. The van der Waals surface area contributed by atoms with E-state index in [-0.39, 0.29) is 0 Å². The van der Waals surface area contributed by atoms with Crippen LogP contribution in [0.4, 0.5) is 0 Å². The molecule has 2 nitrogen and oxygen atoms in total. The van der Waals surface area contributed by atoms with Gasteiger partial charge in [0.15, 0.2) is 0 Å². The first kappa shape index (κ1) is 34.3. The highest BCUT2D eigenvalue weighted by Crippen LogP contribution is 2.58. The summed E-state index contributed by atoms with van der Waals surface area (Å²) >= 11 is 0. The van der Waals surface area contributed by atoms with E-state index in [0.717, 1.165) is 28.1 Å². The fourth-order valence-corrected chi connectivity index (χ4v) is 9.85. The zero-order valence-corrected chi connectivity index (χ0v) is 32.8. The molecule has 0 saturated carbocycles. The van der Waals surface area contributed by atoms with Crippen molar-refractivity contribution in [2.24, 2.45) is 0 Å². The number of fused-ring (bicyclic) bond motifs is 6. The highest BCUT2D eigenvalue weighted by molar-refractivity contribution is 5.94. The molecule has 0 N–H and O–H groups in total. The summed E-state index contributed by atoms with van der Waals surface area (Å²) in [4.78, 5) is 5.33. The van der Waals surface area contributed by atoms with Crippen LogP contribution in [0.3, 0.4) is 0 Å². The molecule has 1 heterocycles. The Kier molecular flexibility index (Phi) is 7.79. The molecule has 0 unspecified atom stereocenters. The van der Waals surface area contributed by atoms with E-state index in [0.29, 0.717) is 0 Å². The fraction of sp³-hybridized carbons (Fsp3) is 0.0172. The summed E-state index contributed by atoms with van der Waals surface area (Å²) in [5.74, 6) is 0.917. The molecule has 0 saturated heterocycles. The van der Waals surface area contributed by atoms with E-state index in [1.165, 1.54) is 77.2 Å². The third kappa shape index (κ3) is 5.31. The Hall–Kier alpha value is -7.81. The van der Waals surface area contributed by atoms with Crippen LogP contribution in [-0.2, 0) is 5.41 Å². The average Bonchev–Trinajstić information content (AvgIpc) is 3.86. The molecule has 12 rings (SSSR count). The van der Waals surface area contributed by atoms with Crippen LogP contribution in [0.15, 0.2) is 231 Å². The first-order chi connectivity index (χ1) is 29.7. The first-order valence-electron chi connectivity index (χ1n) is 20.7. The highest BCUT2D eigenvalue weighted by Gasteiger charge is 2.46. The van der Waals surface area contributed by atoms with Gasteiger partial charge >= 0.3 is 0 Å². The minimum atomic E-state index is -0.648. The molecule has 10 aromatic carbocycles. The van der Waals surface area contributed by atoms with E-state index < -0.39 is 5.41 Å². The van der Waals surface area contributed by atoms with Crippen LogP contribution in [0.25, 0.3) is 83.0 Å². The molecule has 0 amide bonds. The molecule has 0 atom stereocenters. The zero-order chi connectivity index (χ0) is 39.6. The molecular formula is C58H38N2. The third-order valence-electron chi connectivity index (χ3n) is 12.6. The molecule has 1 aromatic heterocycles. The van der Waals surface area contributed by atoms with E-state index in [1.54, 1.807) is 0 Å². The SMILES string of the molecule is c1ccc(-n2c(-c3cccc(C4(c5ccccc5)c5cc(-c6ccc7ccccc7c6)ccc5-c5ccc(-c6ccc7ccccc7c6)cc54)c3)nc3ccccc32)cc1. The van der Waals surface area contributed by atoms with Crippen molar-refractivity contribution in [2.45, 2.75) is 5.41 Å². The summed E-state index contributed by atoms with van der Waals surface area (Å²) in [6, 6.07) is 84.6. The van der Waals surface area contributed by atoms with E-state index in [1.807, 2.05) is 0 Å². The van der Waals surface area contributed by atoms with E-state index in [2.05, 4.69) is 235 Å². The number of benzene rings is 10. The molecule has 60 heavy (non-hydrogen) atoms. The van der Waals surface area contributed by atoms with Crippen LogP contribution in [-0.4, -0.2) is 9.55 Å². The Labute approximate surface area is 349 Å². The van der Waals surface area contributed by atoms with Crippen molar-refractivity contribution in [1.82, 2.24) is 9.55 Å². The van der Waals surface area contributed by atoms with Crippen molar-refractivity contribution >= 4 is 32.6 Å². The fourth-order valence-electron chi connectivity index (χ4n) is 9.85. The first-order valence-corrected chi connectivity index (χ1v) is 20.7. The number of rotatable bonds is 6. The van der Waals surface area contributed by atoms with Gasteiger partial charge < -0.3 is 0 Å². The number of hydrogen-bond acceptors (Lipinski definition) is 1. The lowest BCUT2D eigenvalue weighted by molar-refractivity contribution is 0.769. The van der Waals surface area contributed by atoms with Crippen molar-refractivity contribution in [3.8, 4) is 50.5 Å². The lowest BCUT2D eigenvalue weighted by atomic mass is 9.67. The minimum Gasteiger partial charge on any atom is -0.292 e. The molecule has 11 aromatic rings. The third-order valence-corrected chi connectivity index (χ3v) is 12.6. The maximum absolute atomic E-state index is 5.33. The summed E-state index contributed by atoms with van der Waals surface area (Å²) in [7, 11) is 0. The van der Waals surface area contributed by atoms with Gasteiger partial charge in [-0.1, -0.05) is 176 Å². The topological polar surface area (TPSA) is 17.8 Å². The predicted molar refractivity (Wildman–Crippen MR) is 250 cm³/mol. The molecule has 2 heteroatoms. The lowest BCUT2D eigenvalue weighted by Crippen LogP contribution is -2.28. The molecule has 0 aliphatic heterocycles. The summed E-state index contributed by atoms with van der Waals surface area (Å²) in [5.41, 5.74) is 15.8. The van der Waals surface area contributed by atoms with Gasteiger partial charge in [0.25, 0.3) is 0 Å². The summed E-state index contributed by atoms with van der Waals surface area (Å²) in [5, 5.41) is 4.96. The Bertz CT molecular complexity index is 3300. The normalized spacial score (nSPS) is 12.8. The number of aromatic nitrogens is 2. The van der Waals surface area contributed by atoms with Gasteiger partial charge in [-0.15, -0.1) is 0 Å². The van der Waals surface area contributed by atoms with Crippen LogP contribution in [0.5, 0.6) is 0 Å². The minimum absolute atomic E-state index is 0.648. The second kappa shape index (κ2) is 13.7. The predicted octanol–water partition coefficient (Wildman–Crippen LogP) is 14.7. The van der Waals surface area contributed by atoms with Gasteiger partial charge in [-0.3, -0.25) is 4.57 Å². The molecule has 0 spiro atoms. The number of para-hydroxylation sites is 3. The second-order valence-electron chi connectivity index (χ2n) is 15.9. The average molecular weight is 763 g/mol. The standard InChI is InChI=1S/C58H38N2/c1-3-19-48(20-4-1)58(49-21-13-18-47(36-49)57-59-55-24-11-12-25-56(55)60(57)50-22-5-2-6-23-50)53-37-45(43-28-26-39-14-7-9-16-41(39)34-43)30-32-51(53)52-33-31-46(38-54(52)58)44-29-27-40-15-8-10-17-42(40)35-44/h1-38H. The van der Waals surface area contributed by atoms with Crippen LogP contribution < -0.4 is 0 Å². The molecule has 0 fully saturated rings. The smallest absolute Gasteiger partial charge is 0.145 e. The van der Waals surface area contributed by atoms with Crippen LogP contribution in [0.2, 0.25) is 0 Å². The van der Waals surface area contributed by atoms with Crippen molar-refractivity contribution < 1.29 is 0 Å². The number of nitrogens with zero attached hydrogens (tertiary/aromatic N) is 2. The number of imidazole rings is 1. The van der Waals surface area contributed by atoms with E-state index in [4.69, 9.17) is 4.98 Å². The lowest BCUT2D eigenvalue weighted by Gasteiger charge is -2.34. The van der Waals surface area contributed by atoms with Crippen molar-refractivity contribution in [3.63, 3.8) is 0 Å². The summed E-state index contributed by atoms with van der Waals surface area (Å²) in [6.45, 7) is 0. The monoisotopic (exact) mass is 762 g/mol. The molecule has 0 bridgehead atoms. The Balaban J connectivity index is 1.14. The van der Waals surface area contributed by atoms with E-state index in [9.17, 15) is 0 Å². The van der Waals surface area contributed by atoms with Gasteiger partial charge in [0.2, 0.25) is 0 Å². The van der Waals surface area contributed by atoms with Crippen molar-refractivity contribution in [1.29, 1.82) is 0 Å². The zero-order valence-electron chi connectivity index (χ0n) is 32.8. The maximum Gasteiger partial charge on any atom is 0.145 e. The van der Waals surface area contributed by atoms with Gasteiger partial charge in [-0.2, -0.15) is 0 Å². The largest absolute Gasteiger partial charge is 0.292 e. The molecule has 280 valence electrons. The quantitative estimate of drug-likeness (QED) is 0.165. The van der Waals surface area contributed by atoms with Crippen LogP contribution in [0, 0.1) is 0 Å².